The molecular formula is C26H26N4O4S. The van der Waals surface area contributed by atoms with Crippen LogP contribution < -0.4 is 5.32 Å². The van der Waals surface area contributed by atoms with Crippen molar-refractivity contribution >= 4 is 29.3 Å². The smallest absolute Gasteiger partial charge is 0.331 e. The molecule has 0 bridgehead atoms. The quantitative estimate of drug-likeness (QED) is 0.275. The van der Waals surface area contributed by atoms with Crippen molar-refractivity contribution in [2.24, 2.45) is 0 Å². The van der Waals surface area contributed by atoms with Crippen molar-refractivity contribution in [3.8, 4) is 5.82 Å². The van der Waals surface area contributed by atoms with Gasteiger partial charge in [-0.1, -0.05) is 35.5 Å². The maximum Gasteiger partial charge on any atom is 0.331 e. The van der Waals surface area contributed by atoms with E-state index in [9.17, 15) is 9.59 Å². The molecule has 0 saturated carbocycles. The molecule has 0 atom stereocenters. The summed E-state index contributed by atoms with van der Waals surface area (Å²) in [6.45, 7) is 6.28. The van der Waals surface area contributed by atoms with Gasteiger partial charge in [-0.05, 0) is 44.0 Å². The Balaban J connectivity index is 1.27. The molecule has 180 valence electrons. The number of nitrogens with one attached hydrogen (secondary N) is 1. The normalized spacial score (nSPS) is 11.2. The Labute approximate surface area is 207 Å². The Hall–Kier alpha value is -3.98. The van der Waals surface area contributed by atoms with Crippen molar-refractivity contribution in [1.82, 2.24) is 20.0 Å². The fourth-order valence-electron chi connectivity index (χ4n) is 3.61. The minimum Gasteiger partial charge on any atom is -0.456 e. The van der Waals surface area contributed by atoms with Crippen molar-refractivity contribution in [3.63, 3.8) is 0 Å². The van der Waals surface area contributed by atoms with Crippen molar-refractivity contribution in [3.05, 3.63) is 92.9 Å². The lowest BCUT2D eigenvalue weighted by Gasteiger charge is -2.04. The van der Waals surface area contributed by atoms with Crippen LogP contribution in [-0.2, 0) is 33.9 Å². The number of rotatable bonds is 9. The van der Waals surface area contributed by atoms with Gasteiger partial charge in [0.1, 0.15) is 17.4 Å². The van der Waals surface area contributed by atoms with Gasteiger partial charge in [0.2, 0.25) is 5.91 Å². The number of nitrogens with zero attached hydrogens (tertiary/aromatic N) is 3. The van der Waals surface area contributed by atoms with E-state index < -0.39 is 5.97 Å². The first-order chi connectivity index (χ1) is 16.9. The van der Waals surface area contributed by atoms with Gasteiger partial charge >= 0.3 is 5.97 Å². The average Bonchev–Trinajstić information content (AvgIpc) is 3.54. The van der Waals surface area contributed by atoms with E-state index in [0.717, 1.165) is 28.3 Å². The van der Waals surface area contributed by atoms with Crippen LogP contribution in [0.15, 0.2) is 58.4 Å². The number of hydrogen-bond donors (Lipinski definition) is 1. The van der Waals surface area contributed by atoms with Crippen LogP contribution in [0.5, 0.6) is 0 Å². The van der Waals surface area contributed by atoms with E-state index >= 15 is 0 Å². The van der Waals surface area contributed by atoms with Gasteiger partial charge in [0.05, 0.1) is 12.1 Å². The predicted molar refractivity (Wildman–Crippen MR) is 133 cm³/mol. The molecule has 0 aliphatic heterocycles. The lowest BCUT2D eigenvalue weighted by molar-refractivity contribution is -0.139. The van der Waals surface area contributed by atoms with Gasteiger partial charge in [0.25, 0.3) is 0 Å². The maximum absolute atomic E-state index is 12.2. The van der Waals surface area contributed by atoms with Gasteiger partial charge in [-0.25, -0.2) is 9.78 Å². The van der Waals surface area contributed by atoms with E-state index in [1.54, 1.807) is 11.5 Å². The Morgan fingerprint density at radius 3 is 2.71 bits per heavy atom. The Morgan fingerprint density at radius 1 is 1.17 bits per heavy atom. The topological polar surface area (TPSA) is 99.2 Å². The van der Waals surface area contributed by atoms with E-state index in [-0.39, 0.29) is 18.9 Å². The number of aromatic nitrogens is 3. The number of amides is 1. The van der Waals surface area contributed by atoms with Gasteiger partial charge in [0.15, 0.2) is 5.82 Å². The van der Waals surface area contributed by atoms with Crippen LogP contribution in [0.2, 0.25) is 0 Å². The summed E-state index contributed by atoms with van der Waals surface area (Å²) < 4.78 is 12.5. The highest BCUT2D eigenvalue weighted by atomic mass is 32.1. The summed E-state index contributed by atoms with van der Waals surface area (Å²) in [5, 5.41) is 9.42. The van der Waals surface area contributed by atoms with Crippen LogP contribution in [0.25, 0.3) is 11.9 Å². The zero-order valence-corrected chi connectivity index (χ0v) is 20.6. The highest BCUT2D eigenvalue weighted by Gasteiger charge is 2.13. The number of thiazole rings is 1. The van der Waals surface area contributed by atoms with Crippen LogP contribution in [0.1, 0.15) is 39.0 Å². The molecule has 4 rings (SSSR count). The Kier molecular flexibility index (Phi) is 7.57. The molecule has 0 unspecified atom stereocenters. The second-order valence-corrected chi connectivity index (χ2v) is 9.01. The van der Waals surface area contributed by atoms with Crippen LogP contribution >= 0.6 is 11.3 Å². The third-order valence-electron chi connectivity index (χ3n) is 5.32. The van der Waals surface area contributed by atoms with E-state index in [4.69, 9.17) is 9.26 Å². The minimum atomic E-state index is -0.470. The number of carbonyl (C=O) groups is 2. The van der Waals surface area contributed by atoms with E-state index in [1.165, 1.54) is 17.4 Å². The van der Waals surface area contributed by atoms with E-state index in [2.05, 4.69) is 15.5 Å². The molecule has 35 heavy (non-hydrogen) atoms. The fraction of sp³-hybridized carbons (Fsp3) is 0.231. The molecule has 9 heteroatoms. The second-order valence-electron chi connectivity index (χ2n) is 8.07. The first-order valence-electron chi connectivity index (χ1n) is 11.1. The minimum absolute atomic E-state index is 0.0442. The first-order valence-corrected chi connectivity index (χ1v) is 12.0. The molecule has 3 heterocycles. The summed E-state index contributed by atoms with van der Waals surface area (Å²) in [7, 11) is 0. The van der Waals surface area contributed by atoms with Crippen molar-refractivity contribution in [1.29, 1.82) is 0 Å². The van der Waals surface area contributed by atoms with Crippen LogP contribution in [0, 0.1) is 20.8 Å². The summed E-state index contributed by atoms with van der Waals surface area (Å²) in [4.78, 5) is 28.8. The summed E-state index contributed by atoms with van der Waals surface area (Å²) in [5.41, 5.74) is 4.46. The first kappa shape index (κ1) is 24.2. The van der Waals surface area contributed by atoms with Gasteiger partial charge in [-0.3, -0.25) is 9.36 Å². The lowest BCUT2D eigenvalue weighted by atomic mass is 10.2. The molecule has 0 saturated heterocycles. The van der Waals surface area contributed by atoms with Gasteiger partial charge in [-0.15, -0.1) is 11.3 Å². The van der Waals surface area contributed by atoms with Crippen molar-refractivity contribution in [2.75, 3.05) is 0 Å². The molecule has 1 amide bonds. The zero-order chi connectivity index (χ0) is 24.8. The van der Waals surface area contributed by atoms with Gasteiger partial charge in [-0.2, -0.15) is 0 Å². The molecule has 8 nitrogen and oxygen atoms in total. The number of carbonyl (C=O) groups excluding carboxylic acids is 2. The zero-order valence-electron chi connectivity index (χ0n) is 19.8. The predicted octanol–water partition coefficient (Wildman–Crippen LogP) is 4.46. The summed E-state index contributed by atoms with van der Waals surface area (Å²) in [6.07, 6.45) is 3.30. The van der Waals surface area contributed by atoms with E-state index in [0.29, 0.717) is 23.1 Å². The molecule has 3 aromatic heterocycles. The third kappa shape index (κ3) is 6.33. The number of hydrogen-bond acceptors (Lipinski definition) is 7. The molecule has 0 spiro atoms. The van der Waals surface area contributed by atoms with Crippen molar-refractivity contribution in [2.45, 2.75) is 40.3 Å². The number of aryl methyl sites for hydroxylation is 2. The standard InChI is InChI=1S/C26H26N4O4S/c1-17-11-21(19(3)30(17)23-12-18(2)34-29-23)9-10-26(32)33-15-22-16-35-25(28-22)13-24(31)27-14-20-7-5-4-6-8-20/h4-12,16H,13-15H2,1-3H3,(H,27,31)/b10-9+. The number of benzene rings is 1. The molecule has 1 aromatic carbocycles. The molecule has 1 N–H and O–H groups in total. The molecule has 0 fully saturated rings. The number of ether oxygens (including phenoxy) is 1. The molecule has 4 aromatic rings. The molecule has 0 aliphatic carbocycles. The average molecular weight is 491 g/mol. The van der Waals surface area contributed by atoms with Crippen LogP contribution in [0.3, 0.4) is 0 Å². The highest BCUT2D eigenvalue weighted by molar-refractivity contribution is 7.09. The largest absolute Gasteiger partial charge is 0.456 e. The van der Waals surface area contributed by atoms with Gasteiger partial charge in [0, 0.05) is 35.5 Å². The summed E-state index contributed by atoms with van der Waals surface area (Å²) >= 11 is 1.37. The fourth-order valence-corrected chi connectivity index (χ4v) is 4.39. The summed E-state index contributed by atoms with van der Waals surface area (Å²) in [6, 6.07) is 13.5. The third-order valence-corrected chi connectivity index (χ3v) is 6.22. The van der Waals surface area contributed by atoms with Crippen molar-refractivity contribution < 1.29 is 18.8 Å². The number of esters is 1. The lowest BCUT2D eigenvalue weighted by Crippen LogP contribution is -2.24. The SMILES string of the molecule is Cc1cc(-n2c(C)cc(/C=C/C(=O)OCc3csc(CC(=O)NCc4ccccc4)n3)c2C)no1. The highest BCUT2D eigenvalue weighted by Crippen LogP contribution is 2.22. The van der Waals surface area contributed by atoms with Gasteiger partial charge < -0.3 is 14.6 Å². The maximum atomic E-state index is 12.2. The summed E-state index contributed by atoms with van der Waals surface area (Å²) in [5.74, 6) is 0.856. The Bertz CT molecular complexity index is 1350. The second kappa shape index (κ2) is 11.0. The molecule has 0 radical (unpaired) electrons. The van der Waals surface area contributed by atoms with E-state index in [1.807, 2.05) is 67.8 Å². The molecular weight excluding hydrogens is 464 g/mol. The molecule has 0 aliphatic rings. The van der Waals surface area contributed by atoms with Crippen LogP contribution in [0.4, 0.5) is 0 Å². The van der Waals surface area contributed by atoms with Crippen LogP contribution in [-0.4, -0.2) is 26.6 Å². The monoisotopic (exact) mass is 490 g/mol. The Morgan fingerprint density at radius 2 is 1.97 bits per heavy atom.